The van der Waals surface area contributed by atoms with Crippen LogP contribution in [0.15, 0.2) is 24.3 Å². The van der Waals surface area contributed by atoms with E-state index in [1.54, 1.807) is 0 Å². The van der Waals surface area contributed by atoms with E-state index < -0.39 is 0 Å². The van der Waals surface area contributed by atoms with E-state index in [1.807, 2.05) is 12.1 Å². The fourth-order valence-corrected chi connectivity index (χ4v) is 4.73. The molecule has 0 aliphatic heterocycles. The molecule has 0 amide bonds. The standard InChI is InChI=1S/C19H29NO2/c1-19(2)16-9-5-4-8-15(16)18(19)20-13-14-7-3-6-10-17(14)22-12-11-21/h3,6-7,10,15-16,18,20-21H,4-5,8-9,11-13H2,1-2H3/t15-,16+,18?/m1/s1. The van der Waals surface area contributed by atoms with Gasteiger partial charge in [-0.1, -0.05) is 44.9 Å². The number of fused-ring (bicyclic) bond motifs is 1. The van der Waals surface area contributed by atoms with E-state index in [0.717, 1.165) is 24.1 Å². The van der Waals surface area contributed by atoms with Gasteiger partial charge in [0, 0.05) is 18.2 Å². The maximum Gasteiger partial charge on any atom is 0.123 e. The number of para-hydroxylation sites is 1. The first-order valence-corrected chi connectivity index (χ1v) is 8.69. The summed E-state index contributed by atoms with van der Waals surface area (Å²) in [6.07, 6.45) is 5.60. The molecule has 3 atom stereocenters. The Labute approximate surface area is 134 Å². The molecular formula is C19H29NO2. The van der Waals surface area contributed by atoms with Crippen LogP contribution < -0.4 is 10.1 Å². The van der Waals surface area contributed by atoms with Gasteiger partial charge in [-0.05, 0) is 36.2 Å². The maximum absolute atomic E-state index is 8.94. The third kappa shape index (κ3) is 2.89. The van der Waals surface area contributed by atoms with Crippen molar-refractivity contribution in [3.05, 3.63) is 29.8 Å². The van der Waals surface area contributed by atoms with Crippen LogP contribution in [0.4, 0.5) is 0 Å². The van der Waals surface area contributed by atoms with Crippen LogP contribution >= 0.6 is 0 Å². The van der Waals surface area contributed by atoms with Gasteiger partial charge in [0.1, 0.15) is 12.4 Å². The van der Waals surface area contributed by atoms with Gasteiger partial charge in [0.05, 0.1) is 6.61 Å². The molecule has 0 spiro atoms. The summed E-state index contributed by atoms with van der Waals surface area (Å²) in [5, 5.41) is 12.7. The number of nitrogens with one attached hydrogen (secondary N) is 1. The summed E-state index contributed by atoms with van der Waals surface area (Å²) in [5.41, 5.74) is 1.59. The Hall–Kier alpha value is -1.06. The molecule has 0 aromatic heterocycles. The zero-order valence-electron chi connectivity index (χ0n) is 13.8. The molecule has 2 aliphatic carbocycles. The van der Waals surface area contributed by atoms with E-state index in [1.165, 1.54) is 31.2 Å². The molecule has 3 nitrogen and oxygen atoms in total. The molecule has 22 heavy (non-hydrogen) atoms. The van der Waals surface area contributed by atoms with Crippen LogP contribution in [-0.2, 0) is 6.54 Å². The molecule has 2 N–H and O–H groups in total. The smallest absolute Gasteiger partial charge is 0.123 e. The number of benzene rings is 1. The highest BCUT2D eigenvalue weighted by Gasteiger charge is 2.55. The average Bonchev–Trinajstić information content (AvgIpc) is 2.54. The van der Waals surface area contributed by atoms with Gasteiger partial charge in [-0.15, -0.1) is 0 Å². The lowest BCUT2D eigenvalue weighted by molar-refractivity contribution is -0.0882. The lowest BCUT2D eigenvalue weighted by Gasteiger charge is -2.61. The van der Waals surface area contributed by atoms with Crippen molar-refractivity contribution in [2.45, 2.75) is 52.1 Å². The maximum atomic E-state index is 8.94. The van der Waals surface area contributed by atoms with E-state index in [0.29, 0.717) is 18.1 Å². The van der Waals surface area contributed by atoms with Crippen molar-refractivity contribution in [1.82, 2.24) is 5.32 Å². The number of aliphatic hydroxyl groups is 1. The van der Waals surface area contributed by atoms with Crippen LogP contribution in [0, 0.1) is 17.3 Å². The van der Waals surface area contributed by atoms with Crippen molar-refractivity contribution in [3.8, 4) is 5.75 Å². The lowest BCUT2D eigenvalue weighted by Crippen LogP contribution is -2.64. The molecule has 3 heteroatoms. The van der Waals surface area contributed by atoms with Gasteiger partial charge in [0.15, 0.2) is 0 Å². The highest BCUT2D eigenvalue weighted by atomic mass is 16.5. The SMILES string of the molecule is CC1(C)C(NCc2ccccc2OCCO)[C@@H]2CCCC[C@@H]21. The van der Waals surface area contributed by atoms with E-state index in [9.17, 15) is 0 Å². The number of aliphatic hydroxyl groups excluding tert-OH is 1. The molecule has 2 saturated carbocycles. The van der Waals surface area contributed by atoms with Gasteiger partial charge in [-0.2, -0.15) is 0 Å². The van der Waals surface area contributed by atoms with Gasteiger partial charge in [0.25, 0.3) is 0 Å². The summed E-state index contributed by atoms with van der Waals surface area (Å²) >= 11 is 0. The van der Waals surface area contributed by atoms with Crippen LogP contribution in [0.3, 0.4) is 0 Å². The molecule has 1 aromatic rings. The van der Waals surface area contributed by atoms with Crippen LogP contribution in [-0.4, -0.2) is 24.4 Å². The quantitative estimate of drug-likeness (QED) is 0.846. The zero-order chi connectivity index (χ0) is 15.6. The fourth-order valence-electron chi connectivity index (χ4n) is 4.73. The van der Waals surface area contributed by atoms with Gasteiger partial charge in [-0.3, -0.25) is 0 Å². The Balaban J connectivity index is 1.63. The van der Waals surface area contributed by atoms with Crippen molar-refractivity contribution in [2.75, 3.05) is 13.2 Å². The Morgan fingerprint density at radius 2 is 2.00 bits per heavy atom. The summed E-state index contributed by atoms with van der Waals surface area (Å²) in [4.78, 5) is 0. The molecule has 2 fully saturated rings. The highest BCUT2D eigenvalue weighted by molar-refractivity contribution is 5.33. The summed E-state index contributed by atoms with van der Waals surface area (Å²) in [6, 6.07) is 8.76. The molecule has 0 heterocycles. The number of hydrogen-bond donors (Lipinski definition) is 2. The second-order valence-electron chi connectivity index (χ2n) is 7.41. The van der Waals surface area contributed by atoms with Crippen LogP contribution in [0.1, 0.15) is 45.1 Å². The van der Waals surface area contributed by atoms with Crippen molar-refractivity contribution < 1.29 is 9.84 Å². The van der Waals surface area contributed by atoms with Crippen molar-refractivity contribution in [2.24, 2.45) is 17.3 Å². The Kier molecular flexibility index (Phi) is 4.74. The third-order valence-corrected chi connectivity index (χ3v) is 5.84. The number of rotatable bonds is 6. The Bertz CT molecular complexity index is 500. The summed E-state index contributed by atoms with van der Waals surface area (Å²) in [7, 11) is 0. The van der Waals surface area contributed by atoms with Crippen molar-refractivity contribution in [3.63, 3.8) is 0 Å². The topological polar surface area (TPSA) is 41.5 Å². The lowest BCUT2D eigenvalue weighted by atomic mass is 9.48. The predicted octanol–water partition coefficient (Wildman–Crippen LogP) is 3.36. The molecule has 1 unspecified atom stereocenters. The van der Waals surface area contributed by atoms with Crippen LogP contribution in [0.25, 0.3) is 0 Å². The van der Waals surface area contributed by atoms with E-state index in [4.69, 9.17) is 9.84 Å². The summed E-state index contributed by atoms with van der Waals surface area (Å²) in [6.45, 7) is 6.10. The first-order chi connectivity index (χ1) is 10.6. The third-order valence-electron chi connectivity index (χ3n) is 5.84. The largest absolute Gasteiger partial charge is 0.491 e. The summed E-state index contributed by atoms with van der Waals surface area (Å²) in [5.74, 6) is 2.65. The number of ether oxygens (including phenoxy) is 1. The molecule has 122 valence electrons. The normalized spacial score (nSPS) is 29.5. The van der Waals surface area contributed by atoms with Gasteiger partial charge in [-0.25, -0.2) is 0 Å². The summed E-state index contributed by atoms with van der Waals surface area (Å²) < 4.78 is 5.64. The molecular weight excluding hydrogens is 274 g/mol. The van der Waals surface area contributed by atoms with E-state index in [-0.39, 0.29) is 6.61 Å². The second kappa shape index (κ2) is 6.59. The Morgan fingerprint density at radius 1 is 1.23 bits per heavy atom. The van der Waals surface area contributed by atoms with Crippen molar-refractivity contribution in [1.29, 1.82) is 0 Å². The highest BCUT2D eigenvalue weighted by Crippen LogP contribution is 2.57. The van der Waals surface area contributed by atoms with E-state index >= 15 is 0 Å². The molecule has 0 saturated heterocycles. The molecule has 2 aliphatic rings. The monoisotopic (exact) mass is 303 g/mol. The molecule has 1 aromatic carbocycles. The second-order valence-corrected chi connectivity index (χ2v) is 7.41. The van der Waals surface area contributed by atoms with E-state index in [2.05, 4.69) is 31.3 Å². The average molecular weight is 303 g/mol. The first kappa shape index (κ1) is 15.8. The van der Waals surface area contributed by atoms with Crippen molar-refractivity contribution >= 4 is 0 Å². The zero-order valence-corrected chi connectivity index (χ0v) is 13.8. The minimum Gasteiger partial charge on any atom is -0.491 e. The number of hydrogen-bond acceptors (Lipinski definition) is 3. The van der Waals surface area contributed by atoms with Gasteiger partial charge < -0.3 is 15.2 Å². The molecule has 0 radical (unpaired) electrons. The molecule has 0 bridgehead atoms. The van der Waals surface area contributed by atoms with Gasteiger partial charge in [0.2, 0.25) is 0 Å². The molecule has 3 rings (SSSR count). The van der Waals surface area contributed by atoms with Crippen LogP contribution in [0.5, 0.6) is 5.75 Å². The minimum atomic E-state index is 0.0567. The first-order valence-electron chi connectivity index (χ1n) is 8.69. The predicted molar refractivity (Wildman–Crippen MR) is 88.9 cm³/mol. The Morgan fingerprint density at radius 3 is 2.82 bits per heavy atom. The van der Waals surface area contributed by atoms with Crippen LogP contribution in [0.2, 0.25) is 0 Å². The minimum absolute atomic E-state index is 0.0567. The van der Waals surface area contributed by atoms with Gasteiger partial charge >= 0.3 is 0 Å². The fraction of sp³-hybridized carbons (Fsp3) is 0.684.